The number of methoxy groups -OCH3 is 1. The first-order valence-corrected chi connectivity index (χ1v) is 11.5. The molecular formula is C26H24FN7O2. The minimum Gasteiger partial charge on any atom is -0.494 e. The van der Waals surface area contributed by atoms with E-state index in [0.29, 0.717) is 24.5 Å². The zero-order valence-electron chi connectivity index (χ0n) is 19.8. The van der Waals surface area contributed by atoms with Gasteiger partial charge in [-0.3, -0.25) is 14.1 Å². The maximum atomic E-state index is 14.7. The molecule has 0 saturated carbocycles. The van der Waals surface area contributed by atoms with Crippen molar-refractivity contribution in [2.24, 2.45) is 0 Å². The minimum atomic E-state index is -0.519. The lowest BCUT2D eigenvalue weighted by atomic mass is 10.0. The van der Waals surface area contributed by atoms with Crippen LogP contribution >= 0.6 is 0 Å². The number of pyridine rings is 1. The number of ether oxygens (including phenoxy) is 1. The van der Waals surface area contributed by atoms with E-state index < -0.39 is 5.82 Å². The Balaban J connectivity index is 1.50. The van der Waals surface area contributed by atoms with E-state index in [1.54, 1.807) is 35.3 Å². The molecule has 9 nitrogen and oxygen atoms in total. The number of H-pyrrole nitrogens is 1. The Morgan fingerprint density at radius 1 is 1.08 bits per heavy atom. The van der Waals surface area contributed by atoms with Gasteiger partial charge in [-0.05, 0) is 41.0 Å². The third-order valence-electron chi connectivity index (χ3n) is 5.99. The van der Waals surface area contributed by atoms with E-state index >= 15 is 0 Å². The van der Waals surface area contributed by atoms with Crippen molar-refractivity contribution in [3.05, 3.63) is 94.7 Å². The number of para-hydroxylation sites is 1. The number of nitrogens with zero attached hydrogens (tertiary/aromatic N) is 6. The van der Waals surface area contributed by atoms with E-state index in [9.17, 15) is 9.18 Å². The molecular weight excluding hydrogens is 461 g/mol. The molecule has 182 valence electrons. The molecule has 0 amide bonds. The predicted molar refractivity (Wildman–Crippen MR) is 132 cm³/mol. The molecule has 36 heavy (non-hydrogen) atoms. The smallest absolute Gasteiger partial charge is 0.333 e. The molecule has 0 saturated heterocycles. The van der Waals surface area contributed by atoms with Crippen LogP contribution in [0.2, 0.25) is 0 Å². The Bertz CT molecular complexity index is 1540. The van der Waals surface area contributed by atoms with Crippen LogP contribution in [0.15, 0.2) is 71.9 Å². The van der Waals surface area contributed by atoms with Gasteiger partial charge in [-0.1, -0.05) is 43.7 Å². The Kier molecular flexibility index (Phi) is 6.40. The molecule has 0 bridgehead atoms. The minimum absolute atomic E-state index is 0.113. The summed E-state index contributed by atoms with van der Waals surface area (Å²) in [6, 6.07) is 14.2. The highest BCUT2D eigenvalue weighted by Crippen LogP contribution is 2.29. The topological polar surface area (TPSA) is 104 Å². The monoisotopic (exact) mass is 485 g/mol. The first kappa shape index (κ1) is 23.2. The van der Waals surface area contributed by atoms with Gasteiger partial charge in [-0.25, -0.2) is 9.18 Å². The second kappa shape index (κ2) is 9.95. The third-order valence-corrected chi connectivity index (χ3v) is 5.99. The van der Waals surface area contributed by atoms with Crippen molar-refractivity contribution < 1.29 is 9.13 Å². The largest absolute Gasteiger partial charge is 0.494 e. The maximum Gasteiger partial charge on any atom is 0.333 e. The van der Waals surface area contributed by atoms with Gasteiger partial charge in [0, 0.05) is 35.4 Å². The Morgan fingerprint density at radius 2 is 1.92 bits per heavy atom. The zero-order chi connectivity index (χ0) is 25.1. The Labute approximate surface area is 206 Å². The normalized spacial score (nSPS) is 11.1. The average molecular weight is 486 g/mol. The van der Waals surface area contributed by atoms with Crippen LogP contribution in [0.25, 0.3) is 28.2 Å². The number of aromatic amines is 1. The molecule has 5 aromatic rings. The number of hydrogen-bond acceptors (Lipinski definition) is 6. The first-order chi connectivity index (χ1) is 17.6. The summed E-state index contributed by atoms with van der Waals surface area (Å²) < 4.78 is 23.1. The van der Waals surface area contributed by atoms with Crippen LogP contribution in [0, 0.1) is 5.82 Å². The standard InChI is InChI=1S/C26H24FN7O2/c1-3-5-19-16-34(24-22(27)6-4-7-23(24)36-2)26(35)33(19)15-17-8-10-18(11-9-17)21-14-28-13-12-20(21)25-29-31-32-30-25/h4,6-14,16H,3,5,15H2,1-2H3,(H,29,30,31,32). The van der Waals surface area contributed by atoms with Gasteiger partial charge in [0.1, 0.15) is 11.4 Å². The van der Waals surface area contributed by atoms with E-state index in [1.807, 2.05) is 37.3 Å². The fraction of sp³-hybridized carbons (Fsp3) is 0.192. The molecule has 10 heteroatoms. The van der Waals surface area contributed by atoms with E-state index in [1.165, 1.54) is 17.7 Å². The number of tetrazole rings is 1. The van der Waals surface area contributed by atoms with Crippen molar-refractivity contribution in [3.63, 3.8) is 0 Å². The number of aryl methyl sites for hydroxylation is 1. The molecule has 2 aromatic carbocycles. The molecule has 0 aliphatic carbocycles. The lowest BCUT2D eigenvalue weighted by molar-refractivity contribution is 0.408. The molecule has 0 fully saturated rings. The van der Waals surface area contributed by atoms with Crippen molar-refractivity contribution in [2.75, 3.05) is 7.11 Å². The second-order valence-corrected chi connectivity index (χ2v) is 8.25. The summed E-state index contributed by atoms with van der Waals surface area (Å²) in [7, 11) is 1.46. The maximum absolute atomic E-state index is 14.7. The van der Waals surface area contributed by atoms with Crippen molar-refractivity contribution in [1.29, 1.82) is 0 Å². The summed E-state index contributed by atoms with van der Waals surface area (Å²) >= 11 is 0. The number of rotatable bonds is 8. The van der Waals surface area contributed by atoms with Gasteiger partial charge < -0.3 is 4.74 Å². The van der Waals surface area contributed by atoms with Crippen molar-refractivity contribution in [2.45, 2.75) is 26.3 Å². The van der Waals surface area contributed by atoms with Crippen LogP contribution < -0.4 is 10.4 Å². The van der Waals surface area contributed by atoms with E-state index in [-0.39, 0.29) is 11.4 Å². The van der Waals surface area contributed by atoms with Gasteiger partial charge in [-0.2, -0.15) is 5.21 Å². The molecule has 5 rings (SSSR count). The van der Waals surface area contributed by atoms with E-state index in [4.69, 9.17) is 4.74 Å². The quantitative estimate of drug-likeness (QED) is 0.356. The summed E-state index contributed by atoms with van der Waals surface area (Å²) in [5, 5.41) is 14.3. The lowest BCUT2D eigenvalue weighted by Gasteiger charge is -2.10. The molecule has 1 N–H and O–H groups in total. The first-order valence-electron chi connectivity index (χ1n) is 11.5. The Morgan fingerprint density at radius 3 is 2.64 bits per heavy atom. The highest BCUT2D eigenvalue weighted by molar-refractivity contribution is 5.79. The van der Waals surface area contributed by atoms with E-state index in [2.05, 4.69) is 25.6 Å². The van der Waals surface area contributed by atoms with Crippen LogP contribution in [0.5, 0.6) is 5.75 Å². The van der Waals surface area contributed by atoms with Crippen molar-refractivity contribution in [1.82, 2.24) is 34.7 Å². The fourth-order valence-electron chi connectivity index (χ4n) is 4.27. The summed E-state index contributed by atoms with van der Waals surface area (Å²) in [6.07, 6.45) is 6.67. The van der Waals surface area contributed by atoms with Gasteiger partial charge in [0.25, 0.3) is 0 Å². The number of nitrogens with one attached hydrogen (secondary N) is 1. The highest BCUT2D eigenvalue weighted by Gasteiger charge is 2.19. The average Bonchev–Trinajstić information content (AvgIpc) is 3.54. The third kappa shape index (κ3) is 4.28. The molecule has 0 radical (unpaired) electrons. The van der Waals surface area contributed by atoms with Gasteiger partial charge >= 0.3 is 5.69 Å². The SMILES string of the molecule is CCCc1cn(-c2c(F)cccc2OC)c(=O)n1Cc1ccc(-c2cnccc2-c2nn[nH]n2)cc1. The number of imidazole rings is 1. The van der Waals surface area contributed by atoms with Crippen LogP contribution in [0.1, 0.15) is 24.6 Å². The van der Waals surface area contributed by atoms with Crippen LogP contribution in [0.4, 0.5) is 4.39 Å². The molecule has 0 unspecified atom stereocenters. The highest BCUT2D eigenvalue weighted by atomic mass is 19.1. The van der Waals surface area contributed by atoms with E-state index in [0.717, 1.165) is 34.4 Å². The molecule has 0 spiro atoms. The second-order valence-electron chi connectivity index (χ2n) is 8.25. The molecule has 0 atom stereocenters. The summed E-state index contributed by atoms with van der Waals surface area (Å²) in [5.41, 5.74) is 4.15. The van der Waals surface area contributed by atoms with Crippen LogP contribution in [-0.2, 0) is 13.0 Å². The molecule has 0 aliphatic heterocycles. The number of aromatic nitrogens is 7. The van der Waals surface area contributed by atoms with Gasteiger partial charge in [0.15, 0.2) is 5.82 Å². The van der Waals surface area contributed by atoms with Gasteiger partial charge in [0.05, 0.1) is 13.7 Å². The Hall–Kier alpha value is -4.60. The number of halogens is 1. The lowest BCUT2D eigenvalue weighted by Crippen LogP contribution is -2.25. The van der Waals surface area contributed by atoms with Crippen molar-refractivity contribution in [3.8, 4) is 34.0 Å². The fourth-order valence-corrected chi connectivity index (χ4v) is 4.27. The summed E-state index contributed by atoms with van der Waals surface area (Å²) in [5.74, 6) is 0.266. The predicted octanol–water partition coefficient (Wildman–Crippen LogP) is 4.03. The van der Waals surface area contributed by atoms with Crippen molar-refractivity contribution >= 4 is 0 Å². The molecule has 3 heterocycles. The summed E-state index contributed by atoms with van der Waals surface area (Å²) in [4.78, 5) is 17.7. The number of hydrogen-bond donors (Lipinski definition) is 1. The van der Waals surface area contributed by atoms with Crippen LogP contribution in [-0.4, -0.2) is 41.9 Å². The molecule has 3 aromatic heterocycles. The van der Waals surface area contributed by atoms with Gasteiger partial charge in [-0.15, -0.1) is 10.2 Å². The van der Waals surface area contributed by atoms with Gasteiger partial charge in [0.2, 0.25) is 5.82 Å². The van der Waals surface area contributed by atoms with Crippen LogP contribution in [0.3, 0.4) is 0 Å². The zero-order valence-corrected chi connectivity index (χ0v) is 19.8. The summed E-state index contributed by atoms with van der Waals surface area (Å²) in [6.45, 7) is 2.39. The number of benzene rings is 2. The molecule has 0 aliphatic rings.